The first-order chi connectivity index (χ1) is 10.9. The smallest absolute Gasteiger partial charge is 0.311 e. The van der Waals surface area contributed by atoms with Gasteiger partial charge in [-0.05, 0) is 24.3 Å². The van der Waals surface area contributed by atoms with Crippen molar-refractivity contribution in [2.45, 2.75) is 0 Å². The molecule has 0 unspecified atom stereocenters. The molecule has 1 aliphatic heterocycles. The Morgan fingerprint density at radius 3 is 2.78 bits per heavy atom. The second kappa shape index (κ2) is 5.86. The quantitative estimate of drug-likeness (QED) is 0.380. The number of phenols is 1. The molecule has 1 aromatic heterocycles. The number of phenolic OH excluding ortho intramolecular Hbond substituents is 1. The molecule has 0 radical (unpaired) electrons. The summed E-state index contributed by atoms with van der Waals surface area (Å²) in [6.07, 6.45) is 1.54. The molecule has 7 nitrogen and oxygen atoms in total. The molecule has 1 fully saturated rings. The van der Waals surface area contributed by atoms with Crippen LogP contribution in [-0.2, 0) is 4.79 Å². The van der Waals surface area contributed by atoms with E-state index in [1.807, 2.05) is 0 Å². The van der Waals surface area contributed by atoms with Crippen molar-refractivity contribution in [3.63, 3.8) is 0 Å². The molecule has 1 saturated heterocycles. The van der Waals surface area contributed by atoms with E-state index in [1.165, 1.54) is 24.3 Å². The monoisotopic (exact) mass is 348 g/mol. The van der Waals surface area contributed by atoms with Gasteiger partial charge in [-0.3, -0.25) is 14.9 Å². The Bertz CT molecular complexity index is 872. The Morgan fingerprint density at radius 1 is 1.35 bits per heavy atom. The van der Waals surface area contributed by atoms with Gasteiger partial charge in [-0.2, -0.15) is 0 Å². The number of furan rings is 1. The molecule has 3 rings (SSSR count). The lowest BCUT2D eigenvalue weighted by Gasteiger charge is -1.99. The number of benzene rings is 1. The van der Waals surface area contributed by atoms with Crippen LogP contribution in [0.1, 0.15) is 5.76 Å². The van der Waals surface area contributed by atoms with Gasteiger partial charge >= 0.3 is 5.69 Å². The van der Waals surface area contributed by atoms with Crippen LogP contribution in [0.4, 0.5) is 5.69 Å². The lowest BCUT2D eigenvalue weighted by molar-refractivity contribution is -0.385. The summed E-state index contributed by atoms with van der Waals surface area (Å²) in [6.45, 7) is 0. The van der Waals surface area contributed by atoms with E-state index in [-0.39, 0.29) is 5.91 Å². The van der Waals surface area contributed by atoms with Gasteiger partial charge in [0.25, 0.3) is 5.91 Å². The number of thiocarbonyl (C=S) groups is 1. The average Bonchev–Trinajstić information content (AvgIpc) is 3.06. The molecule has 23 heavy (non-hydrogen) atoms. The standard InChI is InChI=1S/C14H8N2O5S2/c17-10-3-1-7(5-9(10)16(19)20)11-4-2-8(21-11)6-12-13(18)15-14(22)23-12/h1-6,17H,(H,15,18,22)/b12-6+. The second-order valence-electron chi connectivity index (χ2n) is 4.51. The van der Waals surface area contributed by atoms with Gasteiger partial charge in [0, 0.05) is 17.7 Å². The first-order valence-electron chi connectivity index (χ1n) is 6.26. The zero-order valence-corrected chi connectivity index (χ0v) is 12.9. The summed E-state index contributed by atoms with van der Waals surface area (Å²) >= 11 is 6.03. The van der Waals surface area contributed by atoms with Crippen molar-refractivity contribution in [2.24, 2.45) is 0 Å². The molecule has 116 valence electrons. The molecule has 2 aromatic rings. The van der Waals surface area contributed by atoms with Crippen LogP contribution in [0, 0.1) is 10.1 Å². The Balaban J connectivity index is 1.92. The fourth-order valence-electron chi connectivity index (χ4n) is 1.96. The number of nitro benzene ring substituents is 1. The van der Waals surface area contributed by atoms with Crippen LogP contribution in [0.3, 0.4) is 0 Å². The highest BCUT2D eigenvalue weighted by Gasteiger charge is 2.22. The van der Waals surface area contributed by atoms with Crippen molar-refractivity contribution in [1.29, 1.82) is 0 Å². The first kappa shape index (κ1) is 15.3. The minimum Gasteiger partial charge on any atom is -0.502 e. The minimum atomic E-state index is -0.675. The van der Waals surface area contributed by atoms with E-state index in [2.05, 4.69) is 5.32 Å². The molecule has 0 bridgehead atoms. The van der Waals surface area contributed by atoms with Crippen LogP contribution in [0.5, 0.6) is 5.75 Å². The van der Waals surface area contributed by atoms with Crippen molar-refractivity contribution in [3.8, 4) is 17.1 Å². The van der Waals surface area contributed by atoms with Crippen LogP contribution in [-0.4, -0.2) is 20.3 Å². The number of nitrogens with one attached hydrogen (secondary N) is 1. The molecule has 9 heteroatoms. The van der Waals surface area contributed by atoms with Gasteiger partial charge in [0.05, 0.1) is 9.83 Å². The number of thioether (sulfide) groups is 1. The van der Waals surface area contributed by atoms with E-state index in [1.54, 1.807) is 12.1 Å². The van der Waals surface area contributed by atoms with Crippen molar-refractivity contribution in [3.05, 3.63) is 51.1 Å². The Morgan fingerprint density at radius 2 is 2.13 bits per heavy atom. The molecule has 1 aromatic carbocycles. The van der Waals surface area contributed by atoms with Gasteiger partial charge in [-0.25, -0.2) is 0 Å². The first-order valence-corrected chi connectivity index (χ1v) is 7.49. The summed E-state index contributed by atoms with van der Waals surface area (Å²) < 4.78 is 5.95. The molecule has 1 amide bonds. The average molecular weight is 348 g/mol. The van der Waals surface area contributed by atoms with Crippen LogP contribution in [0.15, 0.2) is 39.7 Å². The summed E-state index contributed by atoms with van der Waals surface area (Å²) in [5, 5.41) is 22.8. The van der Waals surface area contributed by atoms with Gasteiger partial charge in [0.1, 0.15) is 15.8 Å². The number of carbonyl (C=O) groups excluding carboxylic acids is 1. The number of rotatable bonds is 3. The number of aromatic hydroxyl groups is 1. The molecular weight excluding hydrogens is 340 g/mol. The van der Waals surface area contributed by atoms with Gasteiger partial charge in [-0.1, -0.05) is 24.0 Å². The molecule has 2 heterocycles. The van der Waals surface area contributed by atoms with E-state index >= 15 is 0 Å². The number of amides is 1. The van der Waals surface area contributed by atoms with Crippen LogP contribution in [0.2, 0.25) is 0 Å². The van der Waals surface area contributed by atoms with Gasteiger partial charge < -0.3 is 14.8 Å². The number of hydrogen-bond donors (Lipinski definition) is 2. The van der Waals surface area contributed by atoms with Crippen LogP contribution >= 0.6 is 24.0 Å². The summed E-state index contributed by atoms with van der Waals surface area (Å²) in [5.74, 6) is 0.0856. The lowest BCUT2D eigenvalue weighted by atomic mass is 10.1. The minimum absolute atomic E-state index is 0.293. The zero-order valence-electron chi connectivity index (χ0n) is 11.3. The van der Waals surface area contributed by atoms with Crippen molar-refractivity contribution >= 4 is 46.0 Å². The van der Waals surface area contributed by atoms with Crippen molar-refractivity contribution < 1.29 is 19.2 Å². The SMILES string of the molecule is O=C1NC(=S)S/C1=C/c1ccc(-c2ccc(O)c([N+](=O)[O-])c2)o1. The Labute approximate surface area is 139 Å². The third-order valence-electron chi connectivity index (χ3n) is 3.00. The fraction of sp³-hybridized carbons (Fsp3) is 0. The molecule has 0 aliphatic carbocycles. The number of hydrogen-bond acceptors (Lipinski definition) is 7. The number of nitro groups is 1. The highest BCUT2D eigenvalue weighted by molar-refractivity contribution is 8.26. The summed E-state index contributed by atoms with van der Waals surface area (Å²) in [7, 11) is 0. The Hall–Kier alpha value is -2.65. The van der Waals surface area contributed by atoms with Crippen LogP contribution < -0.4 is 5.32 Å². The van der Waals surface area contributed by atoms with Gasteiger partial charge in [-0.15, -0.1) is 0 Å². The number of nitrogens with zero attached hydrogens (tertiary/aromatic N) is 1. The summed E-state index contributed by atoms with van der Waals surface area (Å²) in [4.78, 5) is 22.2. The molecule has 1 aliphatic rings. The molecular formula is C14H8N2O5S2. The maximum atomic E-state index is 11.6. The van der Waals surface area contributed by atoms with E-state index < -0.39 is 16.4 Å². The van der Waals surface area contributed by atoms with Crippen molar-refractivity contribution in [1.82, 2.24) is 5.32 Å². The molecule has 0 atom stereocenters. The summed E-state index contributed by atoms with van der Waals surface area (Å²) in [6, 6.07) is 7.21. The predicted molar refractivity (Wildman–Crippen MR) is 88.8 cm³/mol. The molecule has 0 saturated carbocycles. The Kier molecular flexibility index (Phi) is 3.89. The van der Waals surface area contributed by atoms with E-state index in [0.717, 1.165) is 11.8 Å². The van der Waals surface area contributed by atoms with Gasteiger partial charge in [0.2, 0.25) is 0 Å². The molecule has 2 N–H and O–H groups in total. The molecule has 0 spiro atoms. The largest absolute Gasteiger partial charge is 0.502 e. The lowest BCUT2D eigenvalue weighted by Crippen LogP contribution is -2.17. The third kappa shape index (κ3) is 3.10. The second-order valence-corrected chi connectivity index (χ2v) is 6.23. The highest BCUT2D eigenvalue weighted by Crippen LogP contribution is 2.33. The normalized spacial score (nSPS) is 15.9. The zero-order chi connectivity index (χ0) is 16.6. The van der Waals surface area contributed by atoms with E-state index in [4.69, 9.17) is 16.6 Å². The van der Waals surface area contributed by atoms with Gasteiger partial charge in [0.15, 0.2) is 5.75 Å². The van der Waals surface area contributed by atoms with Crippen molar-refractivity contribution in [2.75, 3.05) is 0 Å². The van der Waals surface area contributed by atoms with Crippen LogP contribution in [0.25, 0.3) is 17.4 Å². The third-order valence-corrected chi connectivity index (χ3v) is 4.16. The maximum Gasteiger partial charge on any atom is 0.311 e. The highest BCUT2D eigenvalue weighted by atomic mass is 32.2. The van der Waals surface area contributed by atoms with E-state index in [9.17, 15) is 20.0 Å². The summed E-state index contributed by atoms with van der Waals surface area (Å²) in [5.41, 5.74) is 0.0353. The fourth-order valence-corrected chi connectivity index (χ4v) is 2.98. The predicted octanol–water partition coefficient (Wildman–Crippen LogP) is 3.05. The van der Waals surface area contributed by atoms with E-state index in [0.29, 0.717) is 26.3 Å². The number of carbonyl (C=O) groups is 1. The topological polar surface area (TPSA) is 106 Å². The maximum absolute atomic E-state index is 11.6.